The highest BCUT2D eigenvalue weighted by molar-refractivity contribution is 6.31. The zero-order valence-electron chi connectivity index (χ0n) is 17.9. The molecule has 2 amide bonds. The van der Waals surface area contributed by atoms with Crippen LogP contribution >= 0.6 is 11.6 Å². The number of aromatic nitrogens is 1. The smallest absolute Gasteiger partial charge is 0.257 e. The number of nitrogens with zero attached hydrogens (tertiary/aromatic N) is 2. The van der Waals surface area contributed by atoms with Gasteiger partial charge in [-0.05, 0) is 53.9 Å². The van der Waals surface area contributed by atoms with Crippen LogP contribution < -0.4 is 16.0 Å². The number of rotatable bonds is 6. The van der Waals surface area contributed by atoms with Crippen molar-refractivity contribution < 1.29 is 9.59 Å². The second-order valence-electron chi connectivity index (χ2n) is 7.17. The highest BCUT2D eigenvalue weighted by atomic mass is 35.5. The molecule has 7 nitrogen and oxygen atoms in total. The lowest BCUT2D eigenvalue weighted by Gasteiger charge is -2.14. The van der Waals surface area contributed by atoms with E-state index in [1.807, 2.05) is 25.1 Å². The van der Waals surface area contributed by atoms with Gasteiger partial charge < -0.3 is 10.6 Å². The first-order valence-corrected chi connectivity index (χ1v) is 10.4. The molecule has 8 heteroatoms. The molecule has 0 saturated carbocycles. The molecule has 2 aromatic carbocycles. The lowest BCUT2D eigenvalue weighted by Crippen LogP contribution is -2.36. The Morgan fingerprint density at radius 3 is 2.53 bits per heavy atom. The average Bonchev–Trinajstić information content (AvgIpc) is 2.79. The van der Waals surface area contributed by atoms with Crippen LogP contribution in [-0.4, -0.2) is 22.8 Å². The molecule has 3 N–H and O–H groups in total. The highest BCUT2D eigenvalue weighted by Crippen LogP contribution is 2.20. The summed E-state index contributed by atoms with van der Waals surface area (Å²) in [6, 6.07) is 16.2. The maximum absolute atomic E-state index is 12.8. The molecule has 3 aromatic rings. The first kappa shape index (κ1) is 23.0. The van der Waals surface area contributed by atoms with Gasteiger partial charge >= 0.3 is 0 Å². The summed E-state index contributed by atoms with van der Waals surface area (Å²) in [5, 5.41) is 9.31. The van der Waals surface area contributed by atoms with Crippen molar-refractivity contribution in [3.05, 3.63) is 94.3 Å². The van der Waals surface area contributed by atoms with E-state index in [4.69, 9.17) is 11.6 Å². The van der Waals surface area contributed by atoms with Gasteiger partial charge in [-0.1, -0.05) is 35.9 Å². The van der Waals surface area contributed by atoms with Crippen LogP contribution in [0.1, 0.15) is 34.0 Å². The Balaban J connectivity index is 1.77. The van der Waals surface area contributed by atoms with Crippen LogP contribution in [0.3, 0.4) is 0 Å². The van der Waals surface area contributed by atoms with Gasteiger partial charge in [0.1, 0.15) is 0 Å². The van der Waals surface area contributed by atoms with E-state index in [0.29, 0.717) is 29.6 Å². The molecule has 0 spiro atoms. The summed E-state index contributed by atoms with van der Waals surface area (Å²) in [6.45, 7) is 4.15. The summed E-state index contributed by atoms with van der Waals surface area (Å²) in [6.07, 6.45) is 3.42. The third kappa shape index (κ3) is 6.92. The summed E-state index contributed by atoms with van der Waals surface area (Å²) >= 11 is 6.13. The van der Waals surface area contributed by atoms with Gasteiger partial charge in [-0.2, -0.15) is 0 Å². The summed E-state index contributed by atoms with van der Waals surface area (Å²) < 4.78 is 0. The van der Waals surface area contributed by atoms with E-state index in [9.17, 15) is 9.59 Å². The molecule has 0 aliphatic rings. The fourth-order valence-corrected chi connectivity index (χ4v) is 2.98. The predicted molar refractivity (Wildman–Crippen MR) is 127 cm³/mol. The lowest BCUT2D eigenvalue weighted by molar-refractivity contribution is -0.119. The number of carbonyl (C=O) groups excluding carboxylic acids is 2. The van der Waals surface area contributed by atoms with Crippen LogP contribution in [0.2, 0.25) is 5.02 Å². The van der Waals surface area contributed by atoms with E-state index in [1.165, 1.54) is 6.92 Å². The number of nitrogens with one attached hydrogen (secondary N) is 3. The van der Waals surface area contributed by atoms with E-state index in [-0.39, 0.29) is 11.8 Å². The Hall–Kier alpha value is -3.71. The summed E-state index contributed by atoms with van der Waals surface area (Å²) in [7, 11) is 0. The first-order valence-electron chi connectivity index (χ1n) is 10.0. The molecule has 3 rings (SSSR count). The van der Waals surface area contributed by atoms with Gasteiger partial charge in [-0.25, -0.2) is 4.99 Å². The van der Waals surface area contributed by atoms with Gasteiger partial charge in [0.2, 0.25) is 11.9 Å². The molecule has 0 bridgehead atoms. The van der Waals surface area contributed by atoms with Crippen LogP contribution in [-0.2, 0) is 17.9 Å². The summed E-state index contributed by atoms with van der Waals surface area (Å²) in [5.41, 5.74) is 3.98. The maximum Gasteiger partial charge on any atom is 0.257 e. The van der Waals surface area contributed by atoms with Crippen LogP contribution in [0.4, 0.5) is 5.69 Å². The normalized spacial score (nSPS) is 11.0. The topological polar surface area (TPSA) is 95.5 Å². The van der Waals surface area contributed by atoms with Crippen molar-refractivity contribution >= 4 is 35.1 Å². The second-order valence-corrected chi connectivity index (χ2v) is 7.61. The summed E-state index contributed by atoms with van der Waals surface area (Å²) in [5.74, 6) is -0.122. The number of amides is 2. The van der Waals surface area contributed by atoms with Crippen molar-refractivity contribution in [1.82, 2.24) is 15.6 Å². The number of aliphatic imine (C=N–C) groups is 1. The summed E-state index contributed by atoms with van der Waals surface area (Å²) in [4.78, 5) is 32.5. The Bertz CT molecular complexity index is 1110. The van der Waals surface area contributed by atoms with Crippen molar-refractivity contribution in [3.63, 3.8) is 0 Å². The van der Waals surface area contributed by atoms with Gasteiger partial charge in [0.05, 0.1) is 6.54 Å². The Morgan fingerprint density at radius 2 is 1.84 bits per heavy atom. The third-order valence-electron chi connectivity index (χ3n) is 4.58. The number of guanidine groups is 1. The van der Waals surface area contributed by atoms with E-state index < -0.39 is 0 Å². The minimum absolute atomic E-state index is 0.108. The molecule has 32 heavy (non-hydrogen) atoms. The first-order chi connectivity index (χ1) is 15.4. The number of aryl methyl sites for hydroxylation is 1. The van der Waals surface area contributed by atoms with E-state index in [1.54, 1.807) is 48.8 Å². The van der Waals surface area contributed by atoms with Crippen molar-refractivity contribution in [3.8, 4) is 0 Å². The van der Waals surface area contributed by atoms with Crippen molar-refractivity contribution in [1.29, 1.82) is 0 Å². The number of halogens is 1. The van der Waals surface area contributed by atoms with E-state index >= 15 is 0 Å². The number of pyridine rings is 1. The Kier molecular flexibility index (Phi) is 7.94. The largest absolute Gasteiger partial charge is 0.352 e. The number of hydrogen-bond acceptors (Lipinski definition) is 4. The van der Waals surface area contributed by atoms with Crippen LogP contribution in [0.5, 0.6) is 0 Å². The Morgan fingerprint density at radius 1 is 1.06 bits per heavy atom. The molecule has 0 aliphatic carbocycles. The van der Waals surface area contributed by atoms with Crippen LogP contribution in [0.15, 0.2) is 72.0 Å². The standard InChI is InChI=1S/C24H24ClN5O2/c1-16-5-10-21(25)12-22(16)29-24(28-15-19-4-3-11-26-13-19)30-23(32)20-8-6-18(7-9-20)14-27-17(2)31/h3-13H,14-15H2,1-2H3,(H,27,31)(H2,28,29,30,32). The van der Waals surface area contributed by atoms with Crippen LogP contribution in [0, 0.1) is 6.92 Å². The van der Waals surface area contributed by atoms with Gasteiger partial charge in [-0.3, -0.25) is 19.9 Å². The van der Waals surface area contributed by atoms with Crippen molar-refractivity contribution in [2.45, 2.75) is 26.9 Å². The molecule has 0 atom stereocenters. The van der Waals surface area contributed by atoms with Gasteiger partial charge in [0, 0.05) is 42.1 Å². The molecule has 0 radical (unpaired) electrons. The minimum atomic E-state index is -0.312. The van der Waals surface area contributed by atoms with Crippen molar-refractivity contribution in [2.24, 2.45) is 4.99 Å². The second kappa shape index (κ2) is 11.1. The fourth-order valence-electron chi connectivity index (χ4n) is 2.81. The average molecular weight is 450 g/mol. The number of anilines is 1. The molecule has 1 aromatic heterocycles. The molecule has 0 fully saturated rings. The maximum atomic E-state index is 12.8. The quantitative estimate of drug-likeness (QED) is 0.390. The van der Waals surface area contributed by atoms with Gasteiger partial charge in [-0.15, -0.1) is 0 Å². The number of benzene rings is 2. The molecular formula is C24H24ClN5O2. The molecule has 0 unspecified atom stereocenters. The van der Waals surface area contributed by atoms with Crippen molar-refractivity contribution in [2.75, 3.05) is 5.32 Å². The predicted octanol–water partition coefficient (Wildman–Crippen LogP) is 4.08. The zero-order chi connectivity index (χ0) is 22.9. The minimum Gasteiger partial charge on any atom is -0.352 e. The van der Waals surface area contributed by atoms with Gasteiger partial charge in [0.25, 0.3) is 5.91 Å². The third-order valence-corrected chi connectivity index (χ3v) is 4.82. The van der Waals surface area contributed by atoms with E-state index in [2.05, 4.69) is 25.9 Å². The molecule has 0 aliphatic heterocycles. The molecule has 1 heterocycles. The Labute approximate surface area is 191 Å². The van der Waals surface area contributed by atoms with Gasteiger partial charge in [0.15, 0.2) is 0 Å². The lowest BCUT2D eigenvalue weighted by atomic mass is 10.1. The highest BCUT2D eigenvalue weighted by Gasteiger charge is 2.11. The molecule has 0 saturated heterocycles. The number of hydrogen-bond donors (Lipinski definition) is 3. The monoisotopic (exact) mass is 449 g/mol. The molecule has 164 valence electrons. The zero-order valence-corrected chi connectivity index (χ0v) is 18.6. The SMILES string of the molecule is CC(=O)NCc1ccc(C(=O)NC(=NCc2cccnc2)Nc2cc(Cl)ccc2C)cc1. The van der Waals surface area contributed by atoms with E-state index in [0.717, 1.165) is 22.4 Å². The number of carbonyl (C=O) groups is 2. The van der Waals surface area contributed by atoms with Crippen LogP contribution in [0.25, 0.3) is 0 Å². The fraction of sp³-hybridized carbons (Fsp3) is 0.167. The molecular weight excluding hydrogens is 426 g/mol.